The molecule has 19 heavy (non-hydrogen) atoms. The van der Waals surface area contributed by atoms with Crippen LogP contribution >= 0.6 is 11.6 Å². The third kappa shape index (κ3) is 2.36. The van der Waals surface area contributed by atoms with Crippen LogP contribution in [0, 0.1) is 6.92 Å². The van der Waals surface area contributed by atoms with Gasteiger partial charge in [-0.3, -0.25) is 0 Å². The number of rotatable bonds is 2. The van der Waals surface area contributed by atoms with Crippen LogP contribution in [0.2, 0.25) is 0 Å². The van der Waals surface area contributed by atoms with Gasteiger partial charge in [0.1, 0.15) is 11.3 Å². The first-order valence-electron chi connectivity index (χ1n) is 7.15. The molecule has 0 bridgehead atoms. The molecule has 1 unspecified atom stereocenters. The monoisotopic (exact) mass is 277 g/mol. The molecule has 2 heterocycles. The molecular weight excluding hydrogens is 258 g/mol. The summed E-state index contributed by atoms with van der Waals surface area (Å²) in [6.07, 6.45) is 8.31. The first-order chi connectivity index (χ1) is 9.16. The van der Waals surface area contributed by atoms with Crippen LogP contribution in [-0.2, 0) is 0 Å². The first-order valence-corrected chi connectivity index (χ1v) is 7.59. The average Bonchev–Trinajstić information content (AvgIpc) is 2.78. The summed E-state index contributed by atoms with van der Waals surface area (Å²) < 4.78 is 2.30. The van der Waals surface area contributed by atoms with E-state index in [2.05, 4.69) is 22.5 Å². The van der Waals surface area contributed by atoms with E-state index < -0.39 is 0 Å². The van der Waals surface area contributed by atoms with Gasteiger partial charge in [-0.1, -0.05) is 19.3 Å². The second-order valence-corrected chi connectivity index (χ2v) is 6.26. The molecule has 0 saturated heterocycles. The zero-order valence-corrected chi connectivity index (χ0v) is 12.3. The molecule has 0 N–H and O–H groups in total. The lowest BCUT2D eigenvalue weighted by molar-refractivity contribution is 0.351. The van der Waals surface area contributed by atoms with Crippen LogP contribution in [-0.4, -0.2) is 14.5 Å². The van der Waals surface area contributed by atoms with Crippen molar-refractivity contribution in [2.45, 2.75) is 57.4 Å². The van der Waals surface area contributed by atoms with Gasteiger partial charge in [-0.05, 0) is 38.3 Å². The Hall–Kier alpha value is -1.09. The predicted molar refractivity (Wildman–Crippen MR) is 78.7 cm³/mol. The highest BCUT2D eigenvalue weighted by atomic mass is 35.5. The Bertz CT molecular complexity index is 582. The fourth-order valence-electron chi connectivity index (χ4n) is 3.08. The van der Waals surface area contributed by atoms with Gasteiger partial charge in [0.05, 0.1) is 5.38 Å². The fraction of sp³-hybridized carbons (Fsp3) is 0.600. The molecule has 4 heteroatoms. The van der Waals surface area contributed by atoms with E-state index in [1.165, 1.54) is 32.1 Å². The van der Waals surface area contributed by atoms with Crippen molar-refractivity contribution >= 4 is 22.8 Å². The quantitative estimate of drug-likeness (QED) is 0.754. The van der Waals surface area contributed by atoms with Crippen molar-refractivity contribution in [1.29, 1.82) is 0 Å². The molecule has 3 rings (SSSR count). The van der Waals surface area contributed by atoms with Gasteiger partial charge in [-0.15, -0.1) is 11.6 Å². The Balaban J connectivity index is 2.15. The summed E-state index contributed by atoms with van der Waals surface area (Å²) in [4.78, 5) is 9.32. The summed E-state index contributed by atoms with van der Waals surface area (Å²) in [6, 6.07) is 2.62. The van der Waals surface area contributed by atoms with E-state index in [0.717, 1.165) is 22.6 Å². The lowest BCUT2D eigenvalue weighted by Gasteiger charge is -2.25. The SMILES string of the molecule is Cc1cnc2c(c1)nc(C(C)Cl)n2C1CCCCC1. The normalized spacial score (nSPS) is 18.9. The number of alkyl halides is 1. The van der Waals surface area contributed by atoms with Crippen molar-refractivity contribution in [3.63, 3.8) is 0 Å². The maximum Gasteiger partial charge on any atom is 0.160 e. The summed E-state index contributed by atoms with van der Waals surface area (Å²) in [5, 5.41) is -0.0727. The summed E-state index contributed by atoms with van der Waals surface area (Å²) in [5.74, 6) is 0.974. The minimum atomic E-state index is -0.0727. The Labute approximate surface area is 119 Å². The molecule has 1 aliphatic carbocycles. The molecule has 2 aromatic rings. The molecule has 0 aromatic carbocycles. The number of pyridine rings is 1. The molecule has 102 valence electrons. The van der Waals surface area contributed by atoms with Gasteiger partial charge in [0, 0.05) is 12.2 Å². The van der Waals surface area contributed by atoms with Gasteiger partial charge >= 0.3 is 0 Å². The second-order valence-electron chi connectivity index (χ2n) is 5.60. The van der Waals surface area contributed by atoms with Gasteiger partial charge < -0.3 is 4.57 Å². The number of aromatic nitrogens is 3. The number of fused-ring (bicyclic) bond motifs is 1. The van der Waals surface area contributed by atoms with E-state index in [9.17, 15) is 0 Å². The Morgan fingerprint density at radius 1 is 1.32 bits per heavy atom. The molecular formula is C15H20ClN3. The highest BCUT2D eigenvalue weighted by Crippen LogP contribution is 2.34. The lowest BCUT2D eigenvalue weighted by atomic mass is 9.95. The van der Waals surface area contributed by atoms with E-state index in [1.807, 2.05) is 13.1 Å². The Morgan fingerprint density at radius 3 is 2.74 bits per heavy atom. The minimum absolute atomic E-state index is 0.0727. The maximum atomic E-state index is 6.33. The largest absolute Gasteiger partial charge is 0.308 e. The highest BCUT2D eigenvalue weighted by molar-refractivity contribution is 6.20. The first kappa shape index (κ1) is 12.9. The third-order valence-electron chi connectivity index (χ3n) is 3.99. The van der Waals surface area contributed by atoms with Gasteiger partial charge in [-0.2, -0.15) is 0 Å². The van der Waals surface area contributed by atoms with E-state index >= 15 is 0 Å². The third-order valence-corrected chi connectivity index (χ3v) is 4.18. The van der Waals surface area contributed by atoms with Crippen LogP contribution in [0.1, 0.15) is 61.8 Å². The van der Waals surface area contributed by atoms with Crippen molar-refractivity contribution in [2.24, 2.45) is 0 Å². The Kier molecular flexibility index (Phi) is 3.48. The van der Waals surface area contributed by atoms with Crippen LogP contribution in [0.3, 0.4) is 0 Å². The molecule has 0 spiro atoms. The molecule has 0 amide bonds. The highest BCUT2D eigenvalue weighted by Gasteiger charge is 2.24. The van der Waals surface area contributed by atoms with Gasteiger partial charge in [0.25, 0.3) is 0 Å². The average molecular weight is 278 g/mol. The molecule has 1 aliphatic rings. The Morgan fingerprint density at radius 2 is 2.05 bits per heavy atom. The van der Waals surface area contributed by atoms with Gasteiger partial charge in [0.2, 0.25) is 0 Å². The lowest BCUT2D eigenvalue weighted by Crippen LogP contribution is -2.16. The van der Waals surface area contributed by atoms with Gasteiger partial charge in [-0.25, -0.2) is 9.97 Å². The van der Waals surface area contributed by atoms with E-state index in [1.54, 1.807) is 0 Å². The summed E-state index contributed by atoms with van der Waals surface area (Å²) in [5.41, 5.74) is 3.13. The molecule has 0 aliphatic heterocycles. The van der Waals surface area contributed by atoms with Crippen molar-refractivity contribution in [3.05, 3.63) is 23.7 Å². The number of hydrogen-bond donors (Lipinski definition) is 0. The molecule has 1 fully saturated rings. The van der Waals surface area contributed by atoms with Crippen molar-refractivity contribution in [3.8, 4) is 0 Å². The summed E-state index contributed by atoms with van der Waals surface area (Å²) in [6.45, 7) is 4.05. The van der Waals surface area contributed by atoms with Crippen LogP contribution in [0.15, 0.2) is 12.3 Å². The van der Waals surface area contributed by atoms with Gasteiger partial charge in [0.15, 0.2) is 5.65 Å². The number of imidazole rings is 1. The topological polar surface area (TPSA) is 30.7 Å². The standard InChI is InChI=1S/C15H20ClN3/c1-10-8-13-15(17-9-10)19(14(18-13)11(2)16)12-6-4-3-5-7-12/h8-9,11-12H,3-7H2,1-2H3. The fourth-order valence-corrected chi connectivity index (χ4v) is 3.23. The summed E-state index contributed by atoms with van der Waals surface area (Å²) >= 11 is 6.33. The number of nitrogens with zero attached hydrogens (tertiary/aromatic N) is 3. The summed E-state index contributed by atoms with van der Waals surface area (Å²) in [7, 11) is 0. The number of halogens is 1. The van der Waals surface area contributed by atoms with Crippen LogP contribution in [0.4, 0.5) is 0 Å². The predicted octanol–water partition coefficient (Wildman–Crippen LogP) is 4.54. The minimum Gasteiger partial charge on any atom is -0.308 e. The molecule has 0 radical (unpaired) electrons. The number of hydrogen-bond acceptors (Lipinski definition) is 2. The second kappa shape index (κ2) is 5.12. The molecule has 1 saturated carbocycles. The molecule has 3 nitrogen and oxygen atoms in total. The van der Waals surface area contributed by atoms with Crippen molar-refractivity contribution in [1.82, 2.24) is 14.5 Å². The maximum absolute atomic E-state index is 6.33. The van der Waals surface area contributed by atoms with E-state index in [0.29, 0.717) is 6.04 Å². The zero-order chi connectivity index (χ0) is 13.4. The van der Waals surface area contributed by atoms with Crippen LogP contribution in [0.25, 0.3) is 11.2 Å². The van der Waals surface area contributed by atoms with Crippen molar-refractivity contribution in [2.75, 3.05) is 0 Å². The van der Waals surface area contributed by atoms with Crippen LogP contribution < -0.4 is 0 Å². The molecule has 2 aromatic heterocycles. The van der Waals surface area contributed by atoms with Crippen LogP contribution in [0.5, 0.6) is 0 Å². The smallest absolute Gasteiger partial charge is 0.160 e. The van der Waals surface area contributed by atoms with E-state index in [-0.39, 0.29) is 5.38 Å². The number of aryl methyl sites for hydroxylation is 1. The molecule has 1 atom stereocenters. The van der Waals surface area contributed by atoms with Crippen molar-refractivity contribution < 1.29 is 0 Å². The van der Waals surface area contributed by atoms with E-state index in [4.69, 9.17) is 16.6 Å². The zero-order valence-electron chi connectivity index (χ0n) is 11.6.